The lowest BCUT2D eigenvalue weighted by molar-refractivity contribution is -0.137. The summed E-state index contributed by atoms with van der Waals surface area (Å²) in [5, 5.41) is 3.29. The molecule has 0 spiro atoms. The van der Waals surface area contributed by atoms with Gasteiger partial charge in [0.2, 0.25) is 10.0 Å². The zero-order chi connectivity index (χ0) is 22.6. The van der Waals surface area contributed by atoms with Crippen LogP contribution in [0.2, 0.25) is 0 Å². The van der Waals surface area contributed by atoms with Gasteiger partial charge in [0.05, 0.1) is 11.3 Å². The number of fused-ring (bicyclic) bond motifs is 1. The molecule has 8 heteroatoms. The molecule has 170 valence electrons. The molecule has 1 aliphatic rings. The van der Waals surface area contributed by atoms with E-state index in [2.05, 4.69) is 10.0 Å². The molecule has 31 heavy (non-hydrogen) atoms. The van der Waals surface area contributed by atoms with Crippen molar-refractivity contribution < 1.29 is 21.6 Å². The van der Waals surface area contributed by atoms with Gasteiger partial charge in [-0.15, -0.1) is 0 Å². The molecule has 2 aromatic carbocycles. The molecule has 0 bridgehead atoms. The highest BCUT2D eigenvalue weighted by Crippen LogP contribution is 2.37. The van der Waals surface area contributed by atoms with Crippen molar-refractivity contribution in [1.82, 2.24) is 10.0 Å². The van der Waals surface area contributed by atoms with Gasteiger partial charge in [-0.1, -0.05) is 49.7 Å². The van der Waals surface area contributed by atoms with E-state index in [9.17, 15) is 21.6 Å². The van der Waals surface area contributed by atoms with Gasteiger partial charge in [-0.05, 0) is 54.6 Å². The van der Waals surface area contributed by atoms with E-state index in [1.165, 1.54) is 12.1 Å². The first-order valence-electron chi connectivity index (χ1n) is 10.6. The molecule has 0 aromatic heterocycles. The van der Waals surface area contributed by atoms with Crippen LogP contribution in [0.15, 0.2) is 42.5 Å². The summed E-state index contributed by atoms with van der Waals surface area (Å²) < 4.78 is 66.2. The Balaban J connectivity index is 1.80. The molecule has 0 radical (unpaired) electrons. The molecule has 3 rings (SSSR count). The molecular formula is C23H29F3N2O2S. The summed E-state index contributed by atoms with van der Waals surface area (Å²) in [6.07, 6.45) is -1.68. The van der Waals surface area contributed by atoms with Gasteiger partial charge >= 0.3 is 6.18 Å². The van der Waals surface area contributed by atoms with E-state index < -0.39 is 21.8 Å². The number of alkyl halides is 3. The van der Waals surface area contributed by atoms with Gasteiger partial charge in [-0.2, -0.15) is 13.2 Å². The third-order valence-corrected chi connectivity index (χ3v) is 7.29. The van der Waals surface area contributed by atoms with Crippen molar-refractivity contribution in [2.75, 3.05) is 12.8 Å². The fraction of sp³-hybridized carbons (Fsp3) is 0.478. The zero-order valence-electron chi connectivity index (χ0n) is 17.8. The van der Waals surface area contributed by atoms with Gasteiger partial charge in [0.1, 0.15) is 0 Å². The molecule has 0 saturated heterocycles. The number of nitrogens with one attached hydrogen (secondary N) is 2. The summed E-state index contributed by atoms with van der Waals surface area (Å²) in [5.41, 5.74) is 3.07. The van der Waals surface area contributed by atoms with E-state index in [-0.39, 0.29) is 24.3 Å². The van der Waals surface area contributed by atoms with Crippen LogP contribution in [0, 0.1) is 0 Å². The zero-order valence-corrected chi connectivity index (χ0v) is 18.6. The first kappa shape index (κ1) is 23.8. The molecule has 2 atom stereocenters. The molecule has 0 fully saturated rings. The van der Waals surface area contributed by atoms with Crippen LogP contribution in [-0.4, -0.2) is 27.3 Å². The van der Waals surface area contributed by atoms with Crippen molar-refractivity contribution in [1.29, 1.82) is 0 Å². The van der Waals surface area contributed by atoms with Crippen LogP contribution in [-0.2, 0) is 35.6 Å². The molecule has 4 nitrogen and oxygen atoms in total. The number of hydrogen-bond donors (Lipinski definition) is 2. The number of hydrogen-bond acceptors (Lipinski definition) is 3. The highest BCUT2D eigenvalue weighted by Gasteiger charge is 2.33. The maximum atomic E-state index is 13.1. The standard InChI is InChI=1S/C23H29F3N2O2S/c1-3-4-10-31(29,30)28-15-17-8-9-18-14-22(27-2)21(20(18)13-17)12-16-6-5-7-19(11-16)23(24,25)26/h5-9,11,13,21-22,27-28H,3-4,10,12,14-15H2,1-2H3. The van der Waals surface area contributed by atoms with Gasteiger partial charge in [0.15, 0.2) is 0 Å². The van der Waals surface area contributed by atoms with E-state index in [1.807, 2.05) is 32.2 Å². The highest BCUT2D eigenvalue weighted by atomic mass is 32.2. The fourth-order valence-electron chi connectivity index (χ4n) is 4.17. The topological polar surface area (TPSA) is 58.2 Å². The number of rotatable bonds is 9. The van der Waals surface area contributed by atoms with Crippen LogP contribution in [0.25, 0.3) is 0 Å². The third kappa shape index (κ3) is 6.08. The minimum atomic E-state index is -4.37. The second-order valence-corrected chi connectivity index (χ2v) is 10.1. The Hall–Kier alpha value is -1.90. The Morgan fingerprint density at radius 2 is 1.87 bits per heavy atom. The Morgan fingerprint density at radius 3 is 2.55 bits per heavy atom. The molecule has 2 N–H and O–H groups in total. The first-order chi connectivity index (χ1) is 14.6. The molecule has 2 aromatic rings. The molecule has 2 unspecified atom stereocenters. The molecule has 0 heterocycles. The molecule has 0 saturated carbocycles. The number of benzene rings is 2. The lowest BCUT2D eigenvalue weighted by atomic mass is 9.89. The van der Waals surface area contributed by atoms with Crippen LogP contribution in [0.3, 0.4) is 0 Å². The predicted molar refractivity (Wildman–Crippen MR) is 116 cm³/mol. The number of likely N-dealkylation sites (N-methyl/N-ethyl adjacent to an activating group) is 1. The number of sulfonamides is 1. The minimum Gasteiger partial charge on any atom is -0.316 e. The normalized spacial score (nSPS) is 18.9. The summed E-state index contributed by atoms with van der Waals surface area (Å²) in [5.74, 6) is 0.120. The van der Waals surface area contributed by atoms with E-state index >= 15 is 0 Å². The molecular weight excluding hydrogens is 425 g/mol. The maximum Gasteiger partial charge on any atom is 0.416 e. The van der Waals surface area contributed by atoms with Gasteiger partial charge < -0.3 is 5.32 Å². The highest BCUT2D eigenvalue weighted by molar-refractivity contribution is 7.89. The van der Waals surface area contributed by atoms with Crippen molar-refractivity contribution in [2.24, 2.45) is 0 Å². The first-order valence-corrected chi connectivity index (χ1v) is 12.2. The predicted octanol–water partition coefficient (Wildman–Crippen LogP) is 4.40. The van der Waals surface area contributed by atoms with Crippen molar-refractivity contribution in [3.63, 3.8) is 0 Å². The second kappa shape index (κ2) is 9.71. The average molecular weight is 455 g/mol. The molecule has 0 amide bonds. The maximum absolute atomic E-state index is 13.1. The van der Waals surface area contributed by atoms with E-state index in [4.69, 9.17) is 0 Å². The van der Waals surface area contributed by atoms with Gasteiger partial charge in [0.25, 0.3) is 0 Å². The smallest absolute Gasteiger partial charge is 0.316 e. The molecule has 1 aliphatic carbocycles. The van der Waals surface area contributed by atoms with Gasteiger partial charge in [0, 0.05) is 18.5 Å². The SMILES string of the molecule is CCCCS(=O)(=O)NCc1ccc2c(c1)C(Cc1cccc(C(F)(F)F)c1)C(NC)C2. The summed E-state index contributed by atoms with van der Waals surface area (Å²) in [6, 6.07) is 11.5. The summed E-state index contributed by atoms with van der Waals surface area (Å²) >= 11 is 0. The van der Waals surface area contributed by atoms with Crippen molar-refractivity contribution >= 4 is 10.0 Å². The quantitative estimate of drug-likeness (QED) is 0.591. The summed E-state index contributed by atoms with van der Waals surface area (Å²) in [7, 11) is -1.46. The number of halogens is 3. The van der Waals surface area contributed by atoms with E-state index in [1.54, 1.807) is 6.07 Å². The lowest BCUT2D eigenvalue weighted by Crippen LogP contribution is -2.30. The fourth-order valence-corrected chi connectivity index (χ4v) is 5.36. The summed E-state index contributed by atoms with van der Waals surface area (Å²) in [4.78, 5) is 0. The van der Waals surface area contributed by atoms with Crippen molar-refractivity contribution in [2.45, 2.75) is 57.3 Å². The Bertz CT molecular complexity index is 1010. The van der Waals surface area contributed by atoms with Crippen LogP contribution in [0.1, 0.15) is 53.5 Å². The van der Waals surface area contributed by atoms with Crippen molar-refractivity contribution in [3.05, 3.63) is 70.3 Å². The van der Waals surface area contributed by atoms with Crippen molar-refractivity contribution in [3.8, 4) is 0 Å². The Morgan fingerprint density at radius 1 is 1.10 bits per heavy atom. The van der Waals surface area contributed by atoms with Gasteiger partial charge in [-0.25, -0.2) is 13.1 Å². The lowest BCUT2D eigenvalue weighted by Gasteiger charge is -2.21. The molecule has 0 aliphatic heterocycles. The van der Waals surface area contributed by atoms with Gasteiger partial charge in [-0.3, -0.25) is 0 Å². The monoisotopic (exact) mass is 454 g/mol. The Labute approximate surface area is 182 Å². The third-order valence-electron chi connectivity index (χ3n) is 5.88. The average Bonchev–Trinajstić information content (AvgIpc) is 3.07. The minimum absolute atomic E-state index is 0.0140. The van der Waals surface area contributed by atoms with Crippen LogP contribution in [0.5, 0.6) is 0 Å². The van der Waals surface area contributed by atoms with E-state index in [0.29, 0.717) is 18.4 Å². The van der Waals surface area contributed by atoms with Crippen LogP contribution in [0.4, 0.5) is 13.2 Å². The van der Waals surface area contributed by atoms with Crippen LogP contribution < -0.4 is 10.0 Å². The van der Waals surface area contributed by atoms with E-state index in [0.717, 1.165) is 35.6 Å². The van der Waals surface area contributed by atoms with Crippen LogP contribution >= 0.6 is 0 Å². The largest absolute Gasteiger partial charge is 0.416 e. The second-order valence-electron chi connectivity index (χ2n) is 8.13. The Kier molecular flexibility index (Phi) is 7.44. The number of unbranched alkanes of at least 4 members (excludes halogenated alkanes) is 1. The summed E-state index contributed by atoms with van der Waals surface area (Å²) in [6.45, 7) is 2.15.